The predicted octanol–water partition coefficient (Wildman–Crippen LogP) is 2.52. The molecule has 4 N–H and O–H groups in total. The number of aromatic nitrogens is 1. The van der Waals surface area contributed by atoms with Crippen molar-refractivity contribution in [3.05, 3.63) is 94.8 Å². The number of hydrogen-bond donors (Lipinski definition) is 4. The van der Waals surface area contributed by atoms with E-state index in [9.17, 15) is 19.5 Å². The van der Waals surface area contributed by atoms with Gasteiger partial charge in [0.15, 0.2) is 0 Å². The maximum Gasteiger partial charge on any atom is 0.252 e. The lowest BCUT2D eigenvalue weighted by molar-refractivity contribution is -0.126. The summed E-state index contributed by atoms with van der Waals surface area (Å²) < 4.78 is 5.94. The summed E-state index contributed by atoms with van der Waals surface area (Å²) in [5.74, 6) is -0.357. The number of carbonyl (C=O) groups is 3. The molecule has 228 valence electrons. The van der Waals surface area contributed by atoms with E-state index in [0.717, 1.165) is 22.4 Å². The summed E-state index contributed by atoms with van der Waals surface area (Å²) in [5, 5.41) is 19.0. The summed E-state index contributed by atoms with van der Waals surface area (Å²) >= 11 is 0. The molecule has 4 rings (SSSR count). The Morgan fingerprint density at radius 2 is 1.91 bits per heavy atom. The van der Waals surface area contributed by atoms with Crippen LogP contribution in [0.15, 0.2) is 66.9 Å². The van der Waals surface area contributed by atoms with Crippen molar-refractivity contribution in [3.63, 3.8) is 0 Å². The number of nitrogens with one attached hydrogen (secondary N) is 3. The lowest BCUT2D eigenvalue weighted by Gasteiger charge is -2.28. The highest BCUT2D eigenvalue weighted by Gasteiger charge is 2.28. The minimum atomic E-state index is -1.14. The van der Waals surface area contributed by atoms with Crippen molar-refractivity contribution in [1.29, 1.82) is 0 Å². The van der Waals surface area contributed by atoms with Crippen molar-refractivity contribution in [2.45, 2.75) is 65.0 Å². The number of benzene rings is 2. The fourth-order valence-electron chi connectivity index (χ4n) is 5.06. The highest BCUT2D eigenvalue weighted by Crippen LogP contribution is 2.17. The van der Waals surface area contributed by atoms with Gasteiger partial charge in [-0.2, -0.15) is 0 Å². The Morgan fingerprint density at radius 3 is 2.67 bits per heavy atom. The van der Waals surface area contributed by atoms with E-state index >= 15 is 0 Å². The van der Waals surface area contributed by atoms with Crippen LogP contribution in [0.3, 0.4) is 0 Å². The molecular formula is C33H41N5O5. The Morgan fingerprint density at radius 1 is 1.07 bits per heavy atom. The first-order chi connectivity index (χ1) is 20.7. The van der Waals surface area contributed by atoms with Crippen molar-refractivity contribution < 1.29 is 24.2 Å². The molecule has 0 spiro atoms. The lowest BCUT2D eigenvalue weighted by atomic mass is 10.00. The van der Waals surface area contributed by atoms with E-state index in [2.05, 4.69) is 20.9 Å². The number of hydrogen-bond acceptors (Lipinski definition) is 7. The van der Waals surface area contributed by atoms with Gasteiger partial charge in [-0.25, -0.2) is 0 Å². The topological polar surface area (TPSA) is 133 Å². The van der Waals surface area contributed by atoms with Gasteiger partial charge in [-0.15, -0.1) is 0 Å². The van der Waals surface area contributed by atoms with Crippen LogP contribution in [-0.4, -0.2) is 70.5 Å². The second-order valence-electron chi connectivity index (χ2n) is 11.1. The SMILES string of the molecule is Cc1ccc2cc1CCCNC(=O)CN(Cc1cccc(OCc3ccccn3)c1)C[C@@H](C)NC(=O)[C@H]([C@@H](C)O)NC2=O. The van der Waals surface area contributed by atoms with Gasteiger partial charge >= 0.3 is 0 Å². The molecule has 2 aromatic carbocycles. The highest BCUT2D eigenvalue weighted by atomic mass is 16.5. The third kappa shape index (κ3) is 9.62. The van der Waals surface area contributed by atoms with E-state index in [-0.39, 0.29) is 18.5 Å². The number of fused-ring (bicyclic) bond motifs is 2. The lowest BCUT2D eigenvalue weighted by Crippen LogP contribution is -2.55. The van der Waals surface area contributed by atoms with Crippen LogP contribution in [-0.2, 0) is 29.2 Å². The van der Waals surface area contributed by atoms with Crippen LogP contribution in [0, 0.1) is 6.92 Å². The molecule has 10 nitrogen and oxygen atoms in total. The summed E-state index contributed by atoms with van der Waals surface area (Å²) in [5.41, 5.74) is 4.21. The van der Waals surface area contributed by atoms with Crippen molar-refractivity contribution in [3.8, 4) is 5.75 Å². The number of carbonyl (C=O) groups excluding carboxylic acids is 3. The van der Waals surface area contributed by atoms with E-state index in [4.69, 9.17) is 4.74 Å². The molecule has 1 aliphatic heterocycles. The first-order valence-corrected chi connectivity index (χ1v) is 14.7. The molecule has 2 heterocycles. The number of aryl methyl sites for hydroxylation is 2. The van der Waals surface area contributed by atoms with Crippen molar-refractivity contribution in [1.82, 2.24) is 25.8 Å². The quantitative estimate of drug-likeness (QED) is 0.348. The zero-order valence-corrected chi connectivity index (χ0v) is 25.0. The largest absolute Gasteiger partial charge is 0.487 e. The molecule has 3 amide bonds. The fraction of sp³-hybridized carbons (Fsp3) is 0.394. The predicted molar refractivity (Wildman–Crippen MR) is 163 cm³/mol. The Bertz CT molecular complexity index is 1400. The Balaban J connectivity index is 1.50. The Labute approximate surface area is 252 Å². The Kier molecular flexibility index (Phi) is 11.2. The first kappa shape index (κ1) is 31.7. The zero-order valence-electron chi connectivity index (χ0n) is 25.0. The monoisotopic (exact) mass is 587 g/mol. The van der Waals surface area contributed by atoms with Crippen LogP contribution in [0.4, 0.5) is 0 Å². The molecule has 3 aromatic rings. The third-order valence-corrected chi connectivity index (χ3v) is 7.31. The molecular weight excluding hydrogens is 546 g/mol. The number of aliphatic hydroxyl groups is 1. The number of rotatable bonds is 6. The van der Waals surface area contributed by atoms with E-state index in [1.165, 1.54) is 6.92 Å². The molecule has 3 atom stereocenters. The van der Waals surface area contributed by atoms with Crippen LogP contribution in [0.25, 0.3) is 0 Å². The maximum atomic E-state index is 13.2. The van der Waals surface area contributed by atoms with E-state index < -0.39 is 24.0 Å². The molecule has 10 heteroatoms. The van der Waals surface area contributed by atoms with Gasteiger partial charge in [0.05, 0.1) is 18.3 Å². The van der Waals surface area contributed by atoms with Crippen LogP contribution >= 0.6 is 0 Å². The molecule has 0 saturated carbocycles. The van der Waals surface area contributed by atoms with Crippen LogP contribution in [0.1, 0.15) is 53.0 Å². The van der Waals surface area contributed by atoms with Gasteiger partial charge in [0.1, 0.15) is 18.4 Å². The smallest absolute Gasteiger partial charge is 0.252 e. The van der Waals surface area contributed by atoms with Gasteiger partial charge in [0, 0.05) is 37.4 Å². The Hall–Kier alpha value is -4.28. The summed E-state index contributed by atoms with van der Waals surface area (Å²) in [6, 6.07) is 17.2. The number of nitrogens with zero attached hydrogens (tertiary/aromatic N) is 2. The minimum absolute atomic E-state index is 0.116. The summed E-state index contributed by atoms with van der Waals surface area (Å²) in [7, 11) is 0. The second kappa shape index (κ2) is 15.3. The maximum absolute atomic E-state index is 13.2. The molecule has 0 radical (unpaired) electrons. The fourth-order valence-corrected chi connectivity index (χ4v) is 5.06. The van der Waals surface area contributed by atoms with E-state index in [1.54, 1.807) is 18.3 Å². The van der Waals surface area contributed by atoms with Gasteiger partial charge in [0.25, 0.3) is 5.91 Å². The second-order valence-corrected chi connectivity index (χ2v) is 11.1. The summed E-state index contributed by atoms with van der Waals surface area (Å²) in [4.78, 5) is 45.5. The van der Waals surface area contributed by atoms with Crippen molar-refractivity contribution in [2.24, 2.45) is 0 Å². The van der Waals surface area contributed by atoms with E-state index in [0.29, 0.717) is 50.4 Å². The van der Waals surface area contributed by atoms with Gasteiger partial charge in [-0.05, 0) is 86.7 Å². The zero-order chi connectivity index (χ0) is 30.8. The van der Waals surface area contributed by atoms with Gasteiger partial charge in [-0.1, -0.05) is 24.3 Å². The van der Waals surface area contributed by atoms with Gasteiger partial charge < -0.3 is 25.8 Å². The molecule has 1 aromatic heterocycles. The van der Waals surface area contributed by atoms with Gasteiger partial charge in [0.2, 0.25) is 11.8 Å². The van der Waals surface area contributed by atoms with Crippen LogP contribution in [0.2, 0.25) is 0 Å². The van der Waals surface area contributed by atoms with Crippen LogP contribution < -0.4 is 20.7 Å². The normalized spacial score (nSPS) is 19.9. The van der Waals surface area contributed by atoms with Crippen LogP contribution in [0.5, 0.6) is 5.75 Å². The minimum Gasteiger partial charge on any atom is -0.487 e. The number of amides is 3. The molecule has 0 unspecified atom stereocenters. The first-order valence-electron chi connectivity index (χ1n) is 14.7. The number of aliphatic hydroxyl groups excluding tert-OH is 1. The summed E-state index contributed by atoms with van der Waals surface area (Å²) in [6.45, 7) is 7.04. The molecule has 2 bridgehead atoms. The van der Waals surface area contributed by atoms with Crippen molar-refractivity contribution in [2.75, 3.05) is 19.6 Å². The molecule has 0 fully saturated rings. The summed E-state index contributed by atoms with van der Waals surface area (Å²) in [6.07, 6.45) is 2.00. The number of ether oxygens (including phenoxy) is 1. The average molecular weight is 588 g/mol. The molecule has 0 aliphatic carbocycles. The van der Waals surface area contributed by atoms with Gasteiger partial charge in [-0.3, -0.25) is 24.3 Å². The third-order valence-electron chi connectivity index (χ3n) is 7.31. The standard InChI is InChI=1S/C33H41N5O5/c1-22-12-13-27-17-26(22)9-7-15-35-30(40)20-38(18-23(2)36-33(42)31(24(3)39)37-32(27)41)19-25-8-6-11-29(16-25)43-21-28-10-4-5-14-34-28/h4-6,8,10-14,16-17,23-24,31,39H,7,9,15,18-21H2,1-3H3,(H,35,40)(H,36,42)(H,37,41)/t23-,24-,31+/m1/s1. The average Bonchev–Trinajstić information content (AvgIpc) is 2.97. The highest BCUT2D eigenvalue weighted by molar-refractivity contribution is 5.98. The molecule has 0 saturated heterocycles. The molecule has 1 aliphatic rings. The van der Waals surface area contributed by atoms with Crippen molar-refractivity contribution >= 4 is 17.7 Å². The molecule has 43 heavy (non-hydrogen) atoms. The number of pyridine rings is 1. The van der Waals surface area contributed by atoms with E-state index in [1.807, 2.05) is 67.3 Å².